The van der Waals surface area contributed by atoms with Crippen molar-refractivity contribution in [2.75, 3.05) is 52.7 Å². The molecule has 0 aromatic heterocycles. The maximum atomic E-state index is 12.3. The van der Waals surface area contributed by atoms with Crippen molar-refractivity contribution in [3.8, 4) is 0 Å². The molecule has 0 aliphatic carbocycles. The van der Waals surface area contributed by atoms with E-state index in [2.05, 4.69) is 26.1 Å². The van der Waals surface area contributed by atoms with Crippen LogP contribution in [0.2, 0.25) is 0 Å². The standard InChI is InChI=1S/C33H61N5O11/c34-49-26-31(42)36-20-19-35-30(41)25-48-24-23-47-22-21-37-28(39)18-17-27(33(45)46)38-29(40)15-13-11-9-7-5-3-1-2-4-6-8-10-12-14-16-32(43)44/h27H,1-26,34H2,(H,35,41)(H,36,42)(H,37,39)(H,38,40)(H,43,44)(H,45,46). The first-order valence-electron chi connectivity index (χ1n) is 17.7. The largest absolute Gasteiger partial charge is 0.481 e. The summed E-state index contributed by atoms with van der Waals surface area (Å²) in [6.45, 7) is 0.780. The number of hydrogen-bond acceptors (Lipinski definition) is 10. The van der Waals surface area contributed by atoms with Gasteiger partial charge in [0.1, 0.15) is 19.3 Å². The summed E-state index contributed by atoms with van der Waals surface area (Å²) in [5.74, 6) is 1.45. The van der Waals surface area contributed by atoms with Crippen molar-refractivity contribution in [1.82, 2.24) is 21.3 Å². The van der Waals surface area contributed by atoms with E-state index in [1.165, 1.54) is 44.9 Å². The molecule has 284 valence electrons. The lowest BCUT2D eigenvalue weighted by atomic mass is 10.0. The van der Waals surface area contributed by atoms with Crippen LogP contribution >= 0.6 is 0 Å². The number of carboxylic acids is 2. The van der Waals surface area contributed by atoms with Crippen LogP contribution < -0.4 is 27.2 Å². The van der Waals surface area contributed by atoms with Gasteiger partial charge in [-0.2, -0.15) is 0 Å². The Bertz CT molecular complexity index is 923. The first kappa shape index (κ1) is 45.7. The molecule has 0 bridgehead atoms. The number of nitrogens with one attached hydrogen (secondary N) is 4. The molecule has 0 aliphatic heterocycles. The Kier molecular flexibility index (Phi) is 30.9. The highest BCUT2D eigenvalue weighted by Crippen LogP contribution is 2.14. The monoisotopic (exact) mass is 703 g/mol. The second kappa shape index (κ2) is 33.2. The Labute approximate surface area is 290 Å². The van der Waals surface area contributed by atoms with Crippen LogP contribution in [0.15, 0.2) is 0 Å². The molecular weight excluding hydrogens is 642 g/mol. The predicted molar refractivity (Wildman–Crippen MR) is 181 cm³/mol. The zero-order chi connectivity index (χ0) is 36.4. The number of unbranched alkanes of at least 4 members (excludes halogenated alkanes) is 13. The smallest absolute Gasteiger partial charge is 0.326 e. The van der Waals surface area contributed by atoms with E-state index in [0.717, 1.165) is 38.5 Å². The Morgan fingerprint density at radius 3 is 1.49 bits per heavy atom. The molecule has 0 radical (unpaired) electrons. The summed E-state index contributed by atoms with van der Waals surface area (Å²) in [6, 6.07) is -1.13. The van der Waals surface area contributed by atoms with Crippen LogP contribution in [0.5, 0.6) is 0 Å². The molecule has 0 saturated carbocycles. The van der Waals surface area contributed by atoms with Gasteiger partial charge in [0.2, 0.25) is 23.6 Å². The molecule has 0 rings (SSSR count). The summed E-state index contributed by atoms with van der Waals surface area (Å²) >= 11 is 0. The van der Waals surface area contributed by atoms with Gasteiger partial charge in [-0.25, -0.2) is 10.7 Å². The van der Waals surface area contributed by atoms with E-state index in [-0.39, 0.29) is 96.1 Å². The van der Waals surface area contributed by atoms with Crippen LogP contribution in [0.4, 0.5) is 0 Å². The highest BCUT2D eigenvalue weighted by molar-refractivity contribution is 5.84. The SMILES string of the molecule is NOCC(=O)NCCNC(=O)COCCOCCNC(=O)CCC(NC(=O)CCCCCCCCCCCCCCCCC(=O)O)C(=O)O. The van der Waals surface area contributed by atoms with Gasteiger partial charge in [-0.15, -0.1) is 0 Å². The van der Waals surface area contributed by atoms with Crippen LogP contribution in [-0.2, 0) is 43.1 Å². The summed E-state index contributed by atoms with van der Waals surface area (Å²) in [7, 11) is 0. The highest BCUT2D eigenvalue weighted by Gasteiger charge is 2.20. The van der Waals surface area contributed by atoms with Gasteiger partial charge in [-0.1, -0.05) is 77.0 Å². The second-order valence-corrected chi connectivity index (χ2v) is 11.9. The molecule has 0 aromatic rings. The van der Waals surface area contributed by atoms with Gasteiger partial charge in [-0.05, 0) is 19.3 Å². The molecular formula is C33H61N5O11. The Morgan fingerprint density at radius 1 is 0.510 bits per heavy atom. The fraction of sp³-hybridized carbons (Fsp3) is 0.818. The number of amides is 4. The quantitative estimate of drug-likeness (QED) is 0.0370. The van der Waals surface area contributed by atoms with Crippen molar-refractivity contribution in [1.29, 1.82) is 0 Å². The number of carbonyl (C=O) groups is 6. The molecule has 0 heterocycles. The molecule has 16 heteroatoms. The topological polar surface area (TPSA) is 245 Å². The minimum Gasteiger partial charge on any atom is -0.481 e. The third kappa shape index (κ3) is 33.0. The predicted octanol–water partition coefficient (Wildman–Crippen LogP) is 1.93. The molecule has 4 amide bonds. The van der Waals surface area contributed by atoms with E-state index in [4.69, 9.17) is 20.5 Å². The van der Waals surface area contributed by atoms with Crippen molar-refractivity contribution in [3.63, 3.8) is 0 Å². The van der Waals surface area contributed by atoms with E-state index in [1.54, 1.807) is 0 Å². The summed E-state index contributed by atoms with van der Waals surface area (Å²) in [4.78, 5) is 73.4. The van der Waals surface area contributed by atoms with Crippen molar-refractivity contribution in [2.24, 2.45) is 5.90 Å². The molecule has 1 unspecified atom stereocenters. The molecule has 0 aliphatic rings. The first-order valence-corrected chi connectivity index (χ1v) is 17.7. The average molecular weight is 704 g/mol. The van der Waals surface area contributed by atoms with E-state index < -0.39 is 23.9 Å². The fourth-order valence-corrected chi connectivity index (χ4v) is 4.80. The maximum absolute atomic E-state index is 12.3. The lowest BCUT2D eigenvalue weighted by Crippen LogP contribution is -2.41. The third-order valence-corrected chi connectivity index (χ3v) is 7.50. The molecule has 0 aromatic carbocycles. The Morgan fingerprint density at radius 2 is 0.980 bits per heavy atom. The van der Waals surface area contributed by atoms with Gasteiger partial charge in [0.15, 0.2) is 0 Å². The molecule has 8 N–H and O–H groups in total. The van der Waals surface area contributed by atoms with E-state index in [1.807, 2.05) is 0 Å². The number of carboxylic acid groups (broad SMARTS) is 2. The molecule has 0 spiro atoms. The van der Waals surface area contributed by atoms with Gasteiger partial charge >= 0.3 is 11.9 Å². The van der Waals surface area contributed by atoms with Gasteiger partial charge < -0.3 is 41.0 Å². The average Bonchev–Trinajstić information content (AvgIpc) is 3.05. The Balaban J connectivity index is 3.69. The normalized spacial score (nSPS) is 11.4. The van der Waals surface area contributed by atoms with Crippen LogP contribution in [0.25, 0.3) is 0 Å². The number of carbonyl (C=O) groups excluding carboxylic acids is 4. The molecule has 0 fully saturated rings. The van der Waals surface area contributed by atoms with Crippen LogP contribution in [0, 0.1) is 0 Å². The lowest BCUT2D eigenvalue weighted by Gasteiger charge is -2.14. The number of ether oxygens (including phenoxy) is 2. The van der Waals surface area contributed by atoms with Gasteiger partial charge in [0.05, 0.1) is 19.8 Å². The molecule has 16 nitrogen and oxygen atoms in total. The van der Waals surface area contributed by atoms with E-state index in [0.29, 0.717) is 6.42 Å². The minimum absolute atomic E-state index is 0.0229. The van der Waals surface area contributed by atoms with Crippen LogP contribution in [-0.4, -0.2) is 104 Å². The zero-order valence-electron chi connectivity index (χ0n) is 29.1. The summed E-state index contributed by atoms with van der Waals surface area (Å²) in [5, 5.41) is 28.3. The highest BCUT2D eigenvalue weighted by atomic mass is 16.6. The van der Waals surface area contributed by atoms with Gasteiger partial charge in [0.25, 0.3) is 0 Å². The summed E-state index contributed by atoms with van der Waals surface area (Å²) < 4.78 is 10.5. The molecule has 1 atom stereocenters. The van der Waals surface area contributed by atoms with E-state index in [9.17, 15) is 33.9 Å². The van der Waals surface area contributed by atoms with E-state index >= 15 is 0 Å². The maximum Gasteiger partial charge on any atom is 0.326 e. The number of aliphatic carboxylic acids is 2. The first-order chi connectivity index (χ1) is 23.6. The van der Waals surface area contributed by atoms with Crippen LogP contribution in [0.3, 0.4) is 0 Å². The molecule has 49 heavy (non-hydrogen) atoms. The van der Waals surface area contributed by atoms with Crippen molar-refractivity contribution in [3.05, 3.63) is 0 Å². The number of nitrogens with two attached hydrogens (primary N) is 1. The fourth-order valence-electron chi connectivity index (χ4n) is 4.80. The van der Waals surface area contributed by atoms with Crippen molar-refractivity contribution >= 4 is 35.6 Å². The number of hydrogen-bond donors (Lipinski definition) is 7. The van der Waals surface area contributed by atoms with Crippen LogP contribution in [0.1, 0.15) is 116 Å². The van der Waals surface area contributed by atoms with Crippen molar-refractivity contribution < 1.29 is 53.3 Å². The van der Waals surface area contributed by atoms with Gasteiger partial charge in [-0.3, -0.25) is 28.8 Å². The third-order valence-electron chi connectivity index (χ3n) is 7.50. The minimum atomic E-state index is -1.18. The zero-order valence-corrected chi connectivity index (χ0v) is 29.1. The van der Waals surface area contributed by atoms with Gasteiger partial charge in [0, 0.05) is 38.9 Å². The van der Waals surface area contributed by atoms with Crippen molar-refractivity contribution in [2.45, 2.75) is 122 Å². The summed E-state index contributed by atoms with van der Waals surface area (Å²) in [6.07, 6.45) is 15.5. The molecule has 0 saturated heterocycles. The summed E-state index contributed by atoms with van der Waals surface area (Å²) in [5.41, 5.74) is 0. The lowest BCUT2D eigenvalue weighted by molar-refractivity contribution is -0.142. The number of rotatable bonds is 35. The Hall–Kier alpha value is -3.34. The second-order valence-electron chi connectivity index (χ2n) is 11.9.